The summed E-state index contributed by atoms with van der Waals surface area (Å²) in [6, 6.07) is 23.6. The molecule has 0 unspecified atom stereocenters. The van der Waals surface area contributed by atoms with Crippen molar-refractivity contribution >= 4 is 78.4 Å². The topological polar surface area (TPSA) is 81.9 Å². The lowest BCUT2D eigenvalue weighted by molar-refractivity contribution is -0.384. The number of nitro benzene ring substituents is 1. The molecule has 0 radical (unpaired) electrons. The number of ether oxygens (including phenoxy) is 2. The van der Waals surface area contributed by atoms with E-state index in [2.05, 4.69) is 34.1 Å². The zero-order valence-corrected chi connectivity index (χ0v) is 23.1. The van der Waals surface area contributed by atoms with Crippen molar-refractivity contribution in [3.05, 3.63) is 109 Å². The van der Waals surface area contributed by atoms with Crippen molar-refractivity contribution in [3.8, 4) is 11.5 Å². The molecule has 4 aromatic carbocycles. The van der Waals surface area contributed by atoms with E-state index in [0.717, 1.165) is 33.7 Å². The van der Waals surface area contributed by atoms with Crippen molar-refractivity contribution in [2.24, 2.45) is 0 Å². The van der Waals surface area contributed by atoms with E-state index in [4.69, 9.17) is 21.7 Å². The fourth-order valence-electron chi connectivity index (χ4n) is 4.10. The van der Waals surface area contributed by atoms with Gasteiger partial charge in [-0.1, -0.05) is 66.4 Å². The number of thiocarbonyl (C=S) groups is 1. The van der Waals surface area contributed by atoms with Crippen LogP contribution in [0.4, 0.5) is 11.4 Å². The summed E-state index contributed by atoms with van der Waals surface area (Å²) >= 11 is 10.2. The fraction of sp³-hybridized carbons (Fsp3) is 0.0714. The molecule has 0 atom stereocenters. The molecule has 7 nitrogen and oxygen atoms in total. The van der Waals surface area contributed by atoms with E-state index in [-0.39, 0.29) is 11.6 Å². The third kappa shape index (κ3) is 5.15. The molecule has 10 heteroatoms. The molecule has 1 saturated heterocycles. The summed E-state index contributed by atoms with van der Waals surface area (Å²) in [6.45, 7) is 0.351. The van der Waals surface area contributed by atoms with E-state index in [1.165, 1.54) is 29.2 Å². The Kier molecular flexibility index (Phi) is 7.46. The van der Waals surface area contributed by atoms with Crippen LogP contribution < -0.4 is 14.4 Å². The maximum Gasteiger partial charge on any atom is 0.270 e. The highest BCUT2D eigenvalue weighted by atomic mass is 79.9. The molecule has 1 fully saturated rings. The molecule has 0 spiro atoms. The van der Waals surface area contributed by atoms with Gasteiger partial charge in [-0.15, -0.1) is 0 Å². The molecule has 190 valence electrons. The number of nitrogens with zero attached hydrogens (tertiary/aromatic N) is 2. The highest BCUT2D eigenvalue weighted by molar-refractivity contribution is 9.10. The quantitative estimate of drug-likeness (QED) is 0.0931. The molecule has 38 heavy (non-hydrogen) atoms. The van der Waals surface area contributed by atoms with Gasteiger partial charge < -0.3 is 9.47 Å². The van der Waals surface area contributed by atoms with Crippen molar-refractivity contribution in [1.82, 2.24) is 0 Å². The lowest BCUT2D eigenvalue weighted by Gasteiger charge is -2.15. The minimum atomic E-state index is -0.491. The number of amides is 1. The van der Waals surface area contributed by atoms with Gasteiger partial charge in [0.15, 0.2) is 15.8 Å². The first kappa shape index (κ1) is 25.9. The average molecular weight is 608 g/mol. The minimum Gasteiger partial charge on any atom is -0.493 e. The van der Waals surface area contributed by atoms with E-state index in [0.29, 0.717) is 37.5 Å². The predicted octanol–water partition coefficient (Wildman–Crippen LogP) is 7.50. The van der Waals surface area contributed by atoms with Gasteiger partial charge in [-0.25, -0.2) is 0 Å². The smallest absolute Gasteiger partial charge is 0.270 e. The first-order chi connectivity index (χ1) is 18.4. The number of rotatable bonds is 7. The molecular weight excluding hydrogens is 588 g/mol. The van der Waals surface area contributed by atoms with Gasteiger partial charge in [0.1, 0.15) is 6.61 Å². The molecule has 5 rings (SSSR count). The minimum absolute atomic E-state index is 0.0607. The summed E-state index contributed by atoms with van der Waals surface area (Å²) in [6.07, 6.45) is 1.73. The fourth-order valence-corrected chi connectivity index (χ4v) is 5.97. The van der Waals surface area contributed by atoms with Crippen molar-refractivity contribution in [3.63, 3.8) is 0 Å². The molecule has 0 aromatic heterocycles. The number of nitro groups is 1. The summed E-state index contributed by atoms with van der Waals surface area (Å²) in [5.41, 5.74) is 2.18. The molecule has 1 aliphatic rings. The van der Waals surface area contributed by atoms with Crippen molar-refractivity contribution in [2.45, 2.75) is 6.61 Å². The maximum absolute atomic E-state index is 13.2. The molecule has 1 amide bonds. The molecule has 1 aliphatic heterocycles. The number of hydrogen-bond acceptors (Lipinski definition) is 7. The van der Waals surface area contributed by atoms with Crippen LogP contribution in [0.15, 0.2) is 88.2 Å². The number of thioether (sulfide) groups is 1. The summed E-state index contributed by atoms with van der Waals surface area (Å²) in [5, 5.41) is 13.2. The standard InChI is InChI=1S/C28H19BrN2O5S2/c1-35-24-14-17(13-23(29)26(24)36-16-19-7-4-6-18-5-2-3-8-22(18)19)15-25-27(32)30(28(37)38-25)20-9-11-21(12-10-20)31(33)34/h2-15H,16H2,1H3/b25-15+. The first-order valence-corrected chi connectivity index (χ1v) is 13.4. The number of halogens is 1. The second-order valence-corrected chi connectivity index (χ2v) is 10.8. The largest absolute Gasteiger partial charge is 0.493 e. The molecule has 4 aromatic rings. The summed E-state index contributed by atoms with van der Waals surface area (Å²) in [7, 11) is 1.56. The van der Waals surface area contributed by atoms with Gasteiger partial charge in [0.25, 0.3) is 11.6 Å². The average Bonchev–Trinajstić information content (AvgIpc) is 3.19. The monoisotopic (exact) mass is 606 g/mol. The number of anilines is 1. The van der Waals surface area contributed by atoms with Crippen LogP contribution in [0, 0.1) is 10.1 Å². The van der Waals surface area contributed by atoms with Crippen LogP contribution in [0.5, 0.6) is 11.5 Å². The molecule has 0 aliphatic carbocycles. The first-order valence-electron chi connectivity index (χ1n) is 11.3. The predicted molar refractivity (Wildman–Crippen MR) is 158 cm³/mol. The Morgan fingerprint density at radius 1 is 1.08 bits per heavy atom. The summed E-state index contributed by atoms with van der Waals surface area (Å²) in [4.78, 5) is 25.4. The number of hydrogen-bond donors (Lipinski definition) is 0. The van der Waals surface area contributed by atoms with E-state index in [9.17, 15) is 14.9 Å². The number of carbonyl (C=O) groups excluding carboxylic acids is 1. The van der Waals surface area contributed by atoms with Gasteiger partial charge in [-0.2, -0.15) is 0 Å². The van der Waals surface area contributed by atoms with Crippen LogP contribution in [0.3, 0.4) is 0 Å². The van der Waals surface area contributed by atoms with E-state index >= 15 is 0 Å². The van der Waals surface area contributed by atoms with Crippen LogP contribution in [0.2, 0.25) is 0 Å². The number of methoxy groups -OCH3 is 1. The second-order valence-electron chi connectivity index (χ2n) is 8.25. The number of benzene rings is 4. The normalized spacial score (nSPS) is 14.4. The molecule has 0 bridgehead atoms. The Bertz CT molecular complexity index is 1620. The highest BCUT2D eigenvalue weighted by Gasteiger charge is 2.33. The Balaban J connectivity index is 1.38. The number of fused-ring (bicyclic) bond motifs is 1. The lowest BCUT2D eigenvalue weighted by Crippen LogP contribution is -2.27. The zero-order chi connectivity index (χ0) is 26.8. The van der Waals surface area contributed by atoms with Crippen LogP contribution >= 0.6 is 39.9 Å². The van der Waals surface area contributed by atoms with Crippen molar-refractivity contribution in [2.75, 3.05) is 12.0 Å². The maximum atomic E-state index is 13.2. The third-order valence-corrected chi connectivity index (χ3v) is 7.81. The molecular formula is C28H19BrN2O5S2. The Labute approximate surface area is 236 Å². The molecule has 0 saturated carbocycles. The van der Waals surface area contributed by atoms with Gasteiger partial charge in [0, 0.05) is 12.1 Å². The molecule has 1 heterocycles. The van der Waals surface area contributed by atoms with Crippen LogP contribution in [0.1, 0.15) is 11.1 Å². The van der Waals surface area contributed by atoms with Crippen LogP contribution in [-0.2, 0) is 11.4 Å². The van der Waals surface area contributed by atoms with Gasteiger partial charge in [-0.05, 0) is 68.2 Å². The SMILES string of the molecule is COc1cc(/C=C2/SC(=S)N(c3ccc([N+](=O)[O-])cc3)C2=O)cc(Br)c1OCc1cccc2ccccc12. The van der Waals surface area contributed by atoms with Gasteiger partial charge in [0.05, 0.1) is 27.1 Å². The molecule has 0 N–H and O–H groups in total. The third-order valence-electron chi connectivity index (χ3n) is 5.91. The lowest BCUT2D eigenvalue weighted by atomic mass is 10.1. The second kappa shape index (κ2) is 10.9. The number of non-ortho nitro benzene ring substituents is 1. The van der Waals surface area contributed by atoms with Crippen molar-refractivity contribution in [1.29, 1.82) is 0 Å². The Morgan fingerprint density at radius 3 is 2.55 bits per heavy atom. The van der Waals surface area contributed by atoms with Crippen LogP contribution in [0.25, 0.3) is 16.8 Å². The van der Waals surface area contributed by atoms with Crippen LogP contribution in [-0.4, -0.2) is 22.3 Å². The summed E-state index contributed by atoms with van der Waals surface area (Å²) < 4.78 is 12.8. The summed E-state index contributed by atoms with van der Waals surface area (Å²) in [5.74, 6) is 0.757. The van der Waals surface area contributed by atoms with E-state index in [1.807, 2.05) is 30.3 Å². The Morgan fingerprint density at radius 2 is 1.82 bits per heavy atom. The van der Waals surface area contributed by atoms with E-state index in [1.54, 1.807) is 19.3 Å². The zero-order valence-electron chi connectivity index (χ0n) is 19.9. The Hall–Kier alpha value is -3.73. The van der Waals surface area contributed by atoms with Crippen molar-refractivity contribution < 1.29 is 19.2 Å². The number of carbonyl (C=O) groups is 1. The van der Waals surface area contributed by atoms with Gasteiger partial charge >= 0.3 is 0 Å². The van der Waals surface area contributed by atoms with Gasteiger partial charge in [0.2, 0.25) is 0 Å². The highest BCUT2D eigenvalue weighted by Crippen LogP contribution is 2.41. The van der Waals surface area contributed by atoms with E-state index < -0.39 is 4.92 Å². The van der Waals surface area contributed by atoms with Gasteiger partial charge in [-0.3, -0.25) is 19.8 Å².